The van der Waals surface area contributed by atoms with Gasteiger partial charge in [0.15, 0.2) is 5.58 Å². The van der Waals surface area contributed by atoms with E-state index < -0.39 is 5.97 Å². The quantitative estimate of drug-likeness (QED) is 0.557. The fourth-order valence-electron chi connectivity index (χ4n) is 2.65. The molecule has 0 unspecified atom stereocenters. The number of rotatable bonds is 3. The van der Waals surface area contributed by atoms with Gasteiger partial charge in [0, 0.05) is 22.7 Å². The fraction of sp³-hybridized carbons (Fsp3) is 0.0526. The summed E-state index contributed by atoms with van der Waals surface area (Å²) in [6, 6.07) is 15.5. The summed E-state index contributed by atoms with van der Waals surface area (Å²) in [5.41, 5.74) is 4.33. The molecule has 0 saturated heterocycles. The lowest BCUT2D eigenvalue weighted by Gasteiger charge is -2.00. The molecule has 1 aromatic carbocycles. The topological polar surface area (TPSA) is 63.3 Å². The number of pyridine rings is 1. The first-order chi connectivity index (χ1) is 11.6. The van der Waals surface area contributed by atoms with Crippen molar-refractivity contribution in [3.8, 4) is 21.8 Å². The van der Waals surface area contributed by atoms with Crippen molar-refractivity contribution in [2.45, 2.75) is 6.92 Å². The number of furan rings is 1. The minimum absolute atomic E-state index is 0.387. The van der Waals surface area contributed by atoms with Crippen LogP contribution in [0.15, 0.2) is 59.1 Å². The molecule has 0 radical (unpaired) electrons. The van der Waals surface area contributed by atoms with Crippen LogP contribution in [0.3, 0.4) is 0 Å². The van der Waals surface area contributed by atoms with Gasteiger partial charge in [-0.2, -0.15) is 0 Å². The number of hydrogen-bond acceptors (Lipinski definition) is 4. The summed E-state index contributed by atoms with van der Waals surface area (Å²) in [4.78, 5) is 16.8. The number of aryl methyl sites for hydroxylation is 1. The van der Waals surface area contributed by atoms with Crippen LogP contribution in [-0.4, -0.2) is 16.1 Å². The monoisotopic (exact) mass is 335 g/mol. The molecule has 0 aliphatic carbocycles. The van der Waals surface area contributed by atoms with E-state index in [4.69, 9.17) is 4.42 Å². The summed E-state index contributed by atoms with van der Waals surface area (Å²) in [5, 5.41) is 9.18. The summed E-state index contributed by atoms with van der Waals surface area (Å²) in [6.07, 6.45) is 1.74. The van der Waals surface area contributed by atoms with Gasteiger partial charge in [-0.15, -0.1) is 11.3 Å². The van der Waals surface area contributed by atoms with E-state index in [1.807, 2.05) is 55.5 Å². The van der Waals surface area contributed by atoms with E-state index in [-0.39, 0.29) is 0 Å². The maximum Gasteiger partial charge on any atom is 0.346 e. The second-order valence-electron chi connectivity index (χ2n) is 5.50. The molecule has 118 valence electrons. The Morgan fingerprint density at radius 1 is 1.12 bits per heavy atom. The van der Waals surface area contributed by atoms with Crippen LogP contribution in [0.1, 0.15) is 15.2 Å². The standard InChI is InChI=1S/C19H13NO3S/c1-11-9-17(24-18(11)19(21)22)13-6-4-12(5-7-13)16-10-14-15(23-16)3-2-8-20-14/h2-10H,1H3,(H,21,22). The van der Waals surface area contributed by atoms with Crippen molar-refractivity contribution in [1.82, 2.24) is 4.98 Å². The number of nitrogens with zero attached hydrogens (tertiary/aromatic N) is 1. The number of aromatic nitrogens is 1. The van der Waals surface area contributed by atoms with Gasteiger partial charge in [0.2, 0.25) is 0 Å². The van der Waals surface area contributed by atoms with Crippen molar-refractivity contribution in [3.05, 3.63) is 65.2 Å². The van der Waals surface area contributed by atoms with E-state index in [0.29, 0.717) is 4.88 Å². The summed E-state index contributed by atoms with van der Waals surface area (Å²) in [5.74, 6) is -0.112. The molecule has 24 heavy (non-hydrogen) atoms. The maximum atomic E-state index is 11.2. The van der Waals surface area contributed by atoms with Gasteiger partial charge in [-0.25, -0.2) is 4.79 Å². The summed E-state index contributed by atoms with van der Waals surface area (Å²) < 4.78 is 5.82. The minimum atomic E-state index is -0.879. The van der Waals surface area contributed by atoms with Crippen LogP contribution in [0.4, 0.5) is 0 Å². The van der Waals surface area contributed by atoms with E-state index in [0.717, 1.165) is 38.4 Å². The van der Waals surface area contributed by atoms with Crippen LogP contribution >= 0.6 is 11.3 Å². The molecule has 0 atom stereocenters. The van der Waals surface area contributed by atoms with Gasteiger partial charge in [-0.1, -0.05) is 24.3 Å². The molecular weight excluding hydrogens is 322 g/mol. The Balaban J connectivity index is 1.69. The second kappa shape index (κ2) is 5.62. The van der Waals surface area contributed by atoms with Crippen molar-refractivity contribution >= 4 is 28.4 Å². The molecule has 0 amide bonds. The van der Waals surface area contributed by atoms with Crippen molar-refractivity contribution in [2.75, 3.05) is 0 Å². The minimum Gasteiger partial charge on any atom is -0.477 e. The highest BCUT2D eigenvalue weighted by Gasteiger charge is 2.13. The molecule has 3 heterocycles. The molecule has 0 fully saturated rings. The zero-order chi connectivity index (χ0) is 16.7. The van der Waals surface area contributed by atoms with Crippen LogP contribution < -0.4 is 0 Å². The molecule has 0 aliphatic rings. The number of carboxylic acid groups (broad SMARTS) is 1. The molecule has 0 saturated carbocycles. The van der Waals surface area contributed by atoms with Gasteiger partial charge in [-0.3, -0.25) is 4.98 Å². The van der Waals surface area contributed by atoms with Crippen LogP contribution in [0.5, 0.6) is 0 Å². The number of aromatic carboxylic acids is 1. The molecule has 0 aliphatic heterocycles. The number of thiophene rings is 1. The third-order valence-electron chi connectivity index (χ3n) is 3.85. The van der Waals surface area contributed by atoms with Crippen LogP contribution in [0.25, 0.3) is 32.9 Å². The van der Waals surface area contributed by atoms with Crippen molar-refractivity contribution in [3.63, 3.8) is 0 Å². The van der Waals surface area contributed by atoms with E-state index in [1.165, 1.54) is 11.3 Å². The Morgan fingerprint density at radius 3 is 2.54 bits per heavy atom. The van der Waals surface area contributed by atoms with Crippen molar-refractivity contribution < 1.29 is 14.3 Å². The molecule has 5 heteroatoms. The first kappa shape index (κ1) is 14.7. The Hall–Kier alpha value is -2.92. The first-order valence-corrected chi connectivity index (χ1v) is 8.22. The van der Waals surface area contributed by atoms with Gasteiger partial charge >= 0.3 is 5.97 Å². The predicted octanol–water partition coefficient (Wildman–Crippen LogP) is 5.23. The maximum absolute atomic E-state index is 11.2. The molecule has 4 aromatic rings. The Labute approximate surface area is 142 Å². The third kappa shape index (κ3) is 2.49. The average Bonchev–Trinajstić information content (AvgIpc) is 3.18. The van der Waals surface area contributed by atoms with Crippen LogP contribution in [0, 0.1) is 6.92 Å². The van der Waals surface area contributed by atoms with Crippen LogP contribution in [-0.2, 0) is 0 Å². The molecule has 3 aromatic heterocycles. The van der Waals surface area contributed by atoms with Gasteiger partial charge in [-0.05, 0) is 36.2 Å². The van der Waals surface area contributed by atoms with E-state index in [9.17, 15) is 9.90 Å². The fourth-order valence-corrected chi connectivity index (χ4v) is 3.66. The van der Waals surface area contributed by atoms with E-state index >= 15 is 0 Å². The summed E-state index contributed by atoms with van der Waals surface area (Å²) >= 11 is 1.29. The van der Waals surface area contributed by atoms with Crippen molar-refractivity contribution in [2.24, 2.45) is 0 Å². The van der Waals surface area contributed by atoms with E-state index in [1.54, 1.807) is 6.20 Å². The van der Waals surface area contributed by atoms with Gasteiger partial charge < -0.3 is 9.52 Å². The number of fused-ring (bicyclic) bond motifs is 1. The first-order valence-electron chi connectivity index (χ1n) is 7.41. The highest BCUT2D eigenvalue weighted by Crippen LogP contribution is 2.33. The lowest BCUT2D eigenvalue weighted by molar-refractivity contribution is 0.0701. The SMILES string of the molecule is Cc1cc(-c2ccc(-c3cc4ncccc4o3)cc2)sc1C(=O)O. The average molecular weight is 335 g/mol. The molecule has 0 bridgehead atoms. The molecule has 4 nitrogen and oxygen atoms in total. The Bertz CT molecular complexity index is 1010. The number of benzene rings is 1. The third-order valence-corrected chi connectivity index (χ3v) is 5.13. The summed E-state index contributed by atoms with van der Waals surface area (Å²) in [6.45, 7) is 1.82. The lowest BCUT2D eigenvalue weighted by atomic mass is 10.1. The highest BCUT2D eigenvalue weighted by atomic mass is 32.1. The highest BCUT2D eigenvalue weighted by molar-refractivity contribution is 7.17. The van der Waals surface area contributed by atoms with E-state index in [2.05, 4.69) is 4.98 Å². The smallest absolute Gasteiger partial charge is 0.346 e. The van der Waals surface area contributed by atoms with Crippen LogP contribution in [0.2, 0.25) is 0 Å². The predicted molar refractivity (Wildman–Crippen MR) is 94.5 cm³/mol. The zero-order valence-corrected chi connectivity index (χ0v) is 13.6. The van der Waals surface area contributed by atoms with Gasteiger partial charge in [0.25, 0.3) is 0 Å². The number of hydrogen-bond donors (Lipinski definition) is 1. The molecular formula is C19H13NO3S. The zero-order valence-electron chi connectivity index (χ0n) is 12.8. The van der Waals surface area contributed by atoms with Gasteiger partial charge in [0.05, 0.1) is 0 Å². The van der Waals surface area contributed by atoms with Crippen molar-refractivity contribution in [1.29, 1.82) is 0 Å². The molecule has 1 N–H and O–H groups in total. The largest absolute Gasteiger partial charge is 0.477 e. The Kier molecular flexibility index (Phi) is 3.43. The molecule has 0 spiro atoms. The Morgan fingerprint density at radius 2 is 1.88 bits per heavy atom. The number of carboxylic acids is 1. The second-order valence-corrected chi connectivity index (χ2v) is 6.55. The van der Waals surface area contributed by atoms with Gasteiger partial charge in [0.1, 0.15) is 16.2 Å². The molecule has 4 rings (SSSR count). The lowest BCUT2D eigenvalue weighted by Crippen LogP contribution is -1.93. The number of carbonyl (C=O) groups is 1. The normalized spacial score (nSPS) is 11.0. The summed E-state index contributed by atoms with van der Waals surface area (Å²) in [7, 11) is 0.